The van der Waals surface area contributed by atoms with E-state index < -0.39 is 11.2 Å². The molecule has 6 heteroatoms. The molecule has 0 radical (unpaired) electrons. The number of aliphatic hydroxyl groups is 4. The van der Waals surface area contributed by atoms with Gasteiger partial charge in [0.2, 0.25) is 0 Å². The Morgan fingerprint density at radius 1 is 0.755 bits per heavy atom. The second-order valence-corrected chi connectivity index (χ2v) is 19.1. The monoisotopic (exact) mass is 724 g/mol. The number of ether oxygens (including phenoxy) is 1. The van der Waals surface area contributed by atoms with Crippen LogP contribution >= 0.6 is 0 Å². The van der Waals surface area contributed by atoms with Gasteiger partial charge in [-0.05, 0) is 165 Å². The Balaban J connectivity index is 0.000000141. The lowest BCUT2D eigenvalue weighted by Gasteiger charge is -2.57. The van der Waals surface area contributed by atoms with E-state index in [2.05, 4.69) is 38.2 Å². The van der Waals surface area contributed by atoms with Gasteiger partial charge in [-0.25, -0.2) is 0 Å². The second-order valence-electron chi connectivity index (χ2n) is 19.1. The minimum absolute atomic E-state index is 0.000368. The lowest BCUT2D eigenvalue weighted by Crippen LogP contribution is -2.55. The van der Waals surface area contributed by atoms with E-state index in [0.29, 0.717) is 65.6 Å². The molecule has 0 heterocycles. The molecule has 53 heavy (non-hydrogen) atoms. The summed E-state index contributed by atoms with van der Waals surface area (Å²) in [5.41, 5.74) is 1.28. The van der Waals surface area contributed by atoms with E-state index in [-0.39, 0.29) is 29.8 Å². The van der Waals surface area contributed by atoms with Gasteiger partial charge in [0.25, 0.3) is 0 Å². The molecule has 6 nitrogen and oxygen atoms in total. The number of hydrogen-bond acceptors (Lipinski definition) is 6. The van der Waals surface area contributed by atoms with Crippen LogP contribution in [0.4, 0.5) is 0 Å². The first-order chi connectivity index (χ1) is 25.6. The lowest BCUT2D eigenvalue weighted by atomic mass is 9.48. The average molecular weight is 725 g/mol. The van der Waals surface area contributed by atoms with Crippen LogP contribution in [0.2, 0.25) is 0 Å². The van der Waals surface area contributed by atoms with Crippen molar-refractivity contribution < 1.29 is 30.0 Å². The molecule has 4 N–H and O–H groups in total. The van der Waals surface area contributed by atoms with Gasteiger partial charge < -0.3 is 25.2 Å². The zero-order chi connectivity index (χ0) is 36.9. The van der Waals surface area contributed by atoms with Crippen LogP contribution in [0.5, 0.6) is 0 Å². The molecule has 6 fully saturated rings. The summed E-state index contributed by atoms with van der Waals surface area (Å²) in [6.07, 6.45) is 32.9. The first kappa shape index (κ1) is 36.4. The van der Waals surface area contributed by atoms with Gasteiger partial charge in [0.05, 0.1) is 37.3 Å². The Hall–Kier alpha value is -2.25. The number of allylic oxidation sites excluding steroid dienone is 8. The largest absolute Gasteiger partial charge is 0.501 e. The summed E-state index contributed by atoms with van der Waals surface area (Å²) in [6, 6.07) is 0. The Labute approximate surface area is 317 Å². The van der Waals surface area contributed by atoms with E-state index in [1.54, 1.807) is 19.3 Å². The zero-order valence-corrected chi connectivity index (χ0v) is 32.3. The zero-order valence-electron chi connectivity index (χ0n) is 32.3. The minimum Gasteiger partial charge on any atom is -0.501 e. The van der Waals surface area contributed by atoms with Crippen molar-refractivity contribution in [1.29, 1.82) is 0 Å². The van der Waals surface area contributed by atoms with Crippen LogP contribution in [-0.2, 0) is 9.53 Å². The van der Waals surface area contributed by atoms with Crippen molar-refractivity contribution in [2.45, 2.75) is 109 Å². The van der Waals surface area contributed by atoms with Gasteiger partial charge >= 0.3 is 0 Å². The molecule has 6 saturated carbocycles. The number of rotatable bonds is 7. The molecule has 0 bridgehead atoms. The van der Waals surface area contributed by atoms with Crippen LogP contribution in [-0.4, -0.2) is 57.7 Å². The molecule has 288 valence electrons. The number of methoxy groups -OCH3 is 1. The predicted octanol–water partition coefficient (Wildman–Crippen LogP) is 7.65. The van der Waals surface area contributed by atoms with Crippen molar-refractivity contribution in [1.82, 2.24) is 0 Å². The number of ketones is 1. The van der Waals surface area contributed by atoms with Gasteiger partial charge in [0.1, 0.15) is 0 Å². The quantitative estimate of drug-likeness (QED) is 0.201. The van der Waals surface area contributed by atoms with Gasteiger partial charge in [0.15, 0.2) is 5.78 Å². The molecular formula is C47H64O6. The molecular weight excluding hydrogens is 661 g/mol. The van der Waals surface area contributed by atoms with Gasteiger partial charge in [-0.3, -0.25) is 4.79 Å². The number of fused-ring (bicyclic) bond motifs is 14. The first-order valence-corrected chi connectivity index (χ1v) is 21.5. The fourth-order valence-electron chi connectivity index (χ4n) is 15.8. The molecule has 16 atom stereocenters. The highest BCUT2D eigenvalue weighted by atomic mass is 16.5. The van der Waals surface area contributed by atoms with E-state index in [4.69, 9.17) is 4.74 Å². The maximum atomic E-state index is 11.8. The molecule has 10 rings (SSSR count). The summed E-state index contributed by atoms with van der Waals surface area (Å²) in [7, 11) is 1.79. The lowest BCUT2D eigenvalue weighted by molar-refractivity contribution is -0.121. The number of carbonyl (C=O) groups is 1. The molecule has 0 saturated heterocycles. The minimum atomic E-state index is -0.753. The van der Waals surface area contributed by atoms with E-state index in [1.165, 1.54) is 36.8 Å². The fourth-order valence-corrected chi connectivity index (χ4v) is 15.8. The second kappa shape index (κ2) is 13.2. The standard InChI is InChI=1S/C24H34O3.C23H30O3/c1-3-23-11-9-18-17-8-6-16(27-2)13-15(17)5-7-19(18)22(23)20-14-21(20)24(23,26)10-4-12-25;1-2-22-10-8-17-16-7-5-15(25)12-14(16)4-6-18(17)21(22)19-13-20(19)23(22,26)9-3-11-24/h4-5,10,13,17-22,25-26H,3,6-9,11-12,14H2,1-2H3;3-4,6,9,12,16-21,24,26H,2,5,7-8,10-11,13H2,1H3/b10-4-;9-3-/t17-,18?,19?,20+,21-,22?,23-,24-;16-,17?,18?,19+,20-,21?,22-,23-/m00/s1. The molecule has 0 aromatic heterocycles. The average Bonchev–Trinajstić information content (AvgIpc) is 4.12. The van der Waals surface area contributed by atoms with Crippen LogP contribution in [0.3, 0.4) is 0 Å². The number of carbonyl (C=O) groups excluding carboxylic acids is 1. The SMILES string of the molecule is CC[C@]12CCC3C(C=CC4=CC(=O)CC[C@@H]43)C1[C@@H]1C[C@@H]1[C@@]2(O)/C=C\CO.CC[C@]12CCC3C(CC=C4C=C(OC)CC[C@@H]43)C1[C@@H]1C[C@@H]1[C@@]2(O)/C=C\CO. The molecule has 0 aromatic rings. The van der Waals surface area contributed by atoms with Crippen LogP contribution in [0.15, 0.2) is 71.6 Å². The fraction of sp³-hybridized carbons (Fsp3) is 0.723. The highest BCUT2D eigenvalue weighted by Crippen LogP contribution is 2.78. The Bertz CT molecular complexity index is 1670. The van der Waals surface area contributed by atoms with E-state index in [9.17, 15) is 25.2 Å². The molecule has 0 spiro atoms. The summed E-state index contributed by atoms with van der Waals surface area (Å²) in [6.45, 7) is 4.56. The Morgan fingerprint density at radius 2 is 1.36 bits per heavy atom. The summed E-state index contributed by atoms with van der Waals surface area (Å²) in [5.74, 6) is 8.59. The summed E-state index contributed by atoms with van der Waals surface area (Å²) >= 11 is 0. The smallest absolute Gasteiger partial charge is 0.155 e. The van der Waals surface area contributed by atoms with E-state index in [0.717, 1.165) is 69.0 Å². The van der Waals surface area contributed by atoms with E-state index in [1.807, 2.05) is 18.2 Å². The van der Waals surface area contributed by atoms with Gasteiger partial charge in [-0.1, -0.05) is 56.4 Å². The molecule has 6 unspecified atom stereocenters. The molecule has 0 amide bonds. The van der Waals surface area contributed by atoms with Crippen molar-refractivity contribution in [2.24, 2.45) is 81.8 Å². The summed E-state index contributed by atoms with van der Waals surface area (Å²) < 4.78 is 5.53. The van der Waals surface area contributed by atoms with Gasteiger partial charge in [-0.2, -0.15) is 0 Å². The normalized spacial score (nSPS) is 50.8. The molecule has 0 aromatic carbocycles. The van der Waals surface area contributed by atoms with Crippen molar-refractivity contribution in [3.63, 3.8) is 0 Å². The van der Waals surface area contributed by atoms with Crippen LogP contribution in [0, 0.1) is 81.8 Å². The highest BCUT2D eigenvalue weighted by Gasteiger charge is 2.77. The van der Waals surface area contributed by atoms with Crippen molar-refractivity contribution >= 4 is 5.78 Å². The van der Waals surface area contributed by atoms with Crippen LogP contribution in [0.1, 0.15) is 97.3 Å². The van der Waals surface area contributed by atoms with E-state index >= 15 is 0 Å². The van der Waals surface area contributed by atoms with Crippen LogP contribution < -0.4 is 0 Å². The summed E-state index contributed by atoms with van der Waals surface area (Å²) in [5, 5.41) is 42.2. The van der Waals surface area contributed by atoms with Crippen molar-refractivity contribution in [2.75, 3.05) is 20.3 Å². The van der Waals surface area contributed by atoms with Crippen LogP contribution in [0.25, 0.3) is 0 Å². The number of aliphatic hydroxyl groups excluding tert-OH is 2. The molecule has 10 aliphatic rings. The number of hydrogen-bond donors (Lipinski definition) is 4. The third kappa shape index (κ3) is 5.06. The maximum Gasteiger partial charge on any atom is 0.155 e. The molecule has 0 aliphatic heterocycles. The third-order valence-corrected chi connectivity index (χ3v) is 17.9. The Morgan fingerprint density at radius 3 is 2.00 bits per heavy atom. The Kier molecular flexibility index (Phi) is 9.04. The predicted molar refractivity (Wildman–Crippen MR) is 206 cm³/mol. The topological polar surface area (TPSA) is 107 Å². The summed E-state index contributed by atoms with van der Waals surface area (Å²) in [4.78, 5) is 11.8. The third-order valence-electron chi connectivity index (χ3n) is 17.9. The van der Waals surface area contributed by atoms with Gasteiger partial charge in [-0.15, -0.1) is 0 Å². The maximum absolute atomic E-state index is 11.8. The van der Waals surface area contributed by atoms with Crippen molar-refractivity contribution in [3.05, 3.63) is 71.6 Å². The molecule has 10 aliphatic carbocycles. The van der Waals surface area contributed by atoms with Crippen molar-refractivity contribution in [3.8, 4) is 0 Å². The first-order valence-electron chi connectivity index (χ1n) is 21.5. The highest BCUT2D eigenvalue weighted by molar-refractivity contribution is 5.92. The van der Waals surface area contributed by atoms with Gasteiger partial charge in [0, 0.05) is 23.7 Å².